The van der Waals surface area contributed by atoms with Gasteiger partial charge in [-0.3, -0.25) is 24.5 Å². The monoisotopic (exact) mass is 543 g/mol. The molecule has 1 saturated heterocycles. The molecule has 1 unspecified atom stereocenters. The number of thiazole rings is 1. The average molecular weight is 544 g/mol. The summed E-state index contributed by atoms with van der Waals surface area (Å²) in [6, 6.07) is 0. The number of likely N-dealkylation sites (N-methyl/N-ethyl adjacent to an activating group) is 1. The fourth-order valence-electron chi connectivity index (χ4n) is 3.72. The largest absolute Gasteiger partial charge is 0.523 e. The van der Waals surface area contributed by atoms with Gasteiger partial charge in [-0.1, -0.05) is 17.4 Å². The van der Waals surface area contributed by atoms with Crippen LogP contribution >= 0.6 is 22.7 Å². The molecule has 0 aromatic carbocycles. The van der Waals surface area contributed by atoms with Gasteiger partial charge in [0, 0.05) is 43.6 Å². The summed E-state index contributed by atoms with van der Waals surface area (Å²) in [5.41, 5.74) is 0.290. The molecule has 2 N–H and O–H groups in total. The zero-order valence-electron chi connectivity index (χ0n) is 19.5. The summed E-state index contributed by atoms with van der Waals surface area (Å²) < 4.78 is 43.9. The van der Waals surface area contributed by atoms with E-state index < -0.39 is 23.8 Å². The van der Waals surface area contributed by atoms with Crippen LogP contribution in [0.15, 0.2) is 34.3 Å². The number of alkyl halides is 3. The number of nitrogens with zero attached hydrogens (tertiary/aromatic N) is 5. The van der Waals surface area contributed by atoms with Gasteiger partial charge in [-0.25, -0.2) is 4.98 Å². The van der Waals surface area contributed by atoms with Crippen molar-refractivity contribution >= 4 is 39.6 Å². The molecule has 4 rings (SSSR count). The third-order valence-electron chi connectivity index (χ3n) is 5.72. The minimum absolute atomic E-state index is 0.0166. The van der Waals surface area contributed by atoms with Crippen molar-refractivity contribution < 1.29 is 27.5 Å². The SMILES string of the molecule is CN1CCN(CC(=O)NC2=CC(C(=O)Nc3nnc(-c4cscn4)s3)=CCC2(C)OC(F)(F)F)CC1. The lowest BCUT2D eigenvalue weighted by molar-refractivity contribution is -0.357. The fourth-order valence-corrected chi connectivity index (χ4v) is 5.04. The standard InChI is InChI=1S/C21H24F3N7O3S2/c1-20(34-21(22,23)24)4-3-13(9-15(20)26-16(32)10-31-7-5-30(2)6-8-31)17(33)27-19-29-28-18(36-19)14-11-35-12-25-14/h3,9,11-12H,4-8,10H2,1-2H3,(H,26,32)(H,27,29,33). The molecule has 0 spiro atoms. The number of carbonyl (C=O) groups is 2. The van der Waals surface area contributed by atoms with E-state index in [0.29, 0.717) is 23.8 Å². The second kappa shape index (κ2) is 10.7. The molecule has 194 valence electrons. The van der Waals surface area contributed by atoms with Crippen LogP contribution in [0.2, 0.25) is 0 Å². The van der Waals surface area contributed by atoms with Gasteiger partial charge in [0.05, 0.1) is 17.8 Å². The van der Waals surface area contributed by atoms with Crippen LogP contribution in [-0.4, -0.2) is 88.5 Å². The summed E-state index contributed by atoms with van der Waals surface area (Å²) in [5.74, 6) is -1.09. The highest BCUT2D eigenvalue weighted by atomic mass is 32.1. The maximum atomic E-state index is 13.2. The van der Waals surface area contributed by atoms with Crippen LogP contribution in [0.25, 0.3) is 10.7 Å². The van der Waals surface area contributed by atoms with Crippen LogP contribution in [0.1, 0.15) is 13.3 Å². The quantitative estimate of drug-likeness (QED) is 0.548. The lowest BCUT2D eigenvalue weighted by Gasteiger charge is -2.36. The lowest BCUT2D eigenvalue weighted by atomic mass is 9.89. The van der Waals surface area contributed by atoms with Gasteiger partial charge in [0.2, 0.25) is 11.0 Å². The molecule has 3 heterocycles. The molecule has 1 aliphatic heterocycles. The van der Waals surface area contributed by atoms with Crippen LogP contribution < -0.4 is 10.6 Å². The maximum Gasteiger partial charge on any atom is 0.523 e. The topological polar surface area (TPSA) is 113 Å². The Morgan fingerprint density at radius 1 is 1.19 bits per heavy atom. The molecule has 0 saturated carbocycles. The first-order valence-corrected chi connectivity index (χ1v) is 12.7. The second-order valence-electron chi connectivity index (χ2n) is 8.57. The molecule has 2 aromatic heterocycles. The minimum Gasteiger partial charge on any atom is -0.326 e. The van der Waals surface area contributed by atoms with Crippen LogP contribution in [0, 0.1) is 0 Å². The molecular weight excluding hydrogens is 519 g/mol. The van der Waals surface area contributed by atoms with Crippen LogP contribution in [-0.2, 0) is 14.3 Å². The molecule has 1 fully saturated rings. The Labute approximate surface area is 212 Å². The molecule has 10 nitrogen and oxygen atoms in total. The average Bonchev–Trinajstić information content (AvgIpc) is 3.48. The molecule has 1 aliphatic carbocycles. The van der Waals surface area contributed by atoms with E-state index in [9.17, 15) is 22.8 Å². The normalized spacial score (nSPS) is 21.6. The Balaban J connectivity index is 1.47. The number of aromatic nitrogens is 3. The fraction of sp³-hybridized carbons (Fsp3) is 0.476. The summed E-state index contributed by atoms with van der Waals surface area (Å²) in [5, 5.41) is 15.6. The van der Waals surface area contributed by atoms with Gasteiger partial charge in [-0.2, -0.15) is 0 Å². The van der Waals surface area contributed by atoms with Gasteiger partial charge in [-0.05, 0) is 20.0 Å². The summed E-state index contributed by atoms with van der Waals surface area (Å²) in [4.78, 5) is 33.7. The van der Waals surface area contributed by atoms with Gasteiger partial charge < -0.3 is 10.2 Å². The van der Waals surface area contributed by atoms with Gasteiger partial charge in [0.25, 0.3) is 5.91 Å². The Kier molecular flexibility index (Phi) is 7.85. The van der Waals surface area contributed by atoms with Crippen molar-refractivity contribution in [3.05, 3.63) is 34.3 Å². The summed E-state index contributed by atoms with van der Waals surface area (Å²) in [6.45, 7) is 4.14. The number of rotatable bonds is 7. The molecule has 2 aliphatic rings. The highest BCUT2D eigenvalue weighted by Crippen LogP contribution is 2.36. The van der Waals surface area contributed by atoms with Crippen molar-refractivity contribution in [2.24, 2.45) is 0 Å². The lowest BCUT2D eigenvalue weighted by Crippen LogP contribution is -2.50. The zero-order chi connectivity index (χ0) is 25.9. The van der Waals surface area contributed by atoms with Gasteiger partial charge in [0.1, 0.15) is 11.3 Å². The first-order chi connectivity index (χ1) is 17.0. The predicted octanol–water partition coefficient (Wildman–Crippen LogP) is 2.47. The number of anilines is 1. The number of amides is 2. The van der Waals surface area contributed by atoms with Crippen molar-refractivity contribution in [1.82, 2.24) is 30.3 Å². The van der Waals surface area contributed by atoms with Crippen molar-refractivity contribution in [1.29, 1.82) is 0 Å². The van der Waals surface area contributed by atoms with E-state index >= 15 is 0 Å². The number of hydrogen-bond acceptors (Lipinski definition) is 10. The number of hydrogen-bond donors (Lipinski definition) is 2. The summed E-state index contributed by atoms with van der Waals surface area (Å²) >= 11 is 2.50. The van der Waals surface area contributed by atoms with E-state index in [1.807, 2.05) is 11.9 Å². The van der Waals surface area contributed by atoms with Crippen LogP contribution in [0.4, 0.5) is 18.3 Å². The summed E-state index contributed by atoms with van der Waals surface area (Å²) in [6.07, 6.45) is -2.69. The van der Waals surface area contributed by atoms with Crippen LogP contribution in [0.5, 0.6) is 0 Å². The molecule has 0 bridgehead atoms. The van der Waals surface area contributed by atoms with Crippen molar-refractivity contribution in [2.75, 3.05) is 45.1 Å². The van der Waals surface area contributed by atoms with E-state index in [-0.39, 0.29) is 29.4 Å². The van der Waals surface area contributed by atoms with E-state index in [2.05, 4.69) is 35.5 Å². The Morgan fingerprint density at radius 2 is 1.94 bits per heavy atom. The van der Waals surface area contributed by atoms with Gasteiger partial charge in [-0.15, -0.1) is 34.7 Å². The highest BCUT2D eigenvalue weighted by Gasteiger charge is 2.44. The Bertz CT molecular complexity index is 1160. The van der Waals surface area contributed by atoms with Gasteiger partial charge >= 0.3 is 6.36 Å². The first kappa shape index (κ1) is 26.3. The number of carbonyl (C=O) groups excluding carboxylic acids is 2. The van der Waals surface area contributed by atoms with E-state index in [4.69, 9.17) is 0 Å². The number of ether oxygens (including phenoxy) is 1. The van der Waals surface area contributed by atoms with E-state index in [0.717, 1.165) is 24.4 Å². The van der Waals surface area contributed by atoms with Crippen LogP contribution in [0.3, 0.4) is 0 Å². The zero-order valence-corrected chi connectivity index (χ0v) is 21.1. The third-order valence-corrected chi connectivity index (χ3v) is 7.17. The first-order valence-electron chi connectivity index (χ1n) is 10.9. The number of piperazine rings is 1. The molecule has 15 heteroatoms. The molecule has 0 radical (unpaired) electrons. The second-order valence-corrected chi connectivity index (χ2v) is 10.3. The molecule has 2 aromatic rings. The third kappa shape index (κ3) is 6.73. The summed E-state index contributed by atoms with van der Waals surface area (Å²) in [7, 11) is 1.98. The van der Waals surface area contributed by atoms with Crippen molar-refractivity contribution in [2.45, 2.75) is 25.3 Å². The van der Waals surface area contributed by atoms with Gasteiger partial charge in [0.15, 0.2) is 5.01 Å². The molecular formula is C21H24F3N7O3S2. The molecule has 2 amide bonds. The van der Waals surface area contributed by atoms with E-state index in [1.165, 1.54) is 30.4 Å². The Morgan fingerprint density at radius 3 is 2.61 bits per heavy atom. The van der Waals surface area contributed by atoms with Crippen molar-refractivity contribution in [3.63, 3.8) is 0 Å². The smallest absolute Gasteiger partial charge is 0.326 e. The highest BCUT2D eigenvalue weighted by molar-refractivity contribution is 7.18. The predicted molar refractivity (Wildman–Crippen MR) is 128 cm³/mol. The number of nitrogens with one attached hydrogen (secondary N) is 2. The van der Waals surface area contributed by atoms with Crippen molar-refractivity contribution in [3.8, 4) is 10.7 Å². The molecule has 36 heavy (non-hydrogen) atoms. The number of halogens is 3. The minimum atomic E-state index is -4.94. The molecule has 1 atom stereocenters. The Hall–Kier alpha value is -2.72. The van der Waals surface area contributed by atoms with E-state index in [1.54, 1.807) is 10.9 Å². The maximum absolute atomic E-state index is 13.2.